The lowest BCUT2D eigenvalue weighted by molar-refractivity contribution is -0.113. The Labute approximate surface area is 184 Å². The van der Waals surface area contributed by atoms with Crippen LogP contribution in [0.1, 0.15) is 16.7 Å². The van der Waals surface area contributed by atoms with Gasteiger partial charge in [-0.05, 0) is 31.9 Å². The Balaban J connectivity index is 1.44. The van der Waals surface area contributed by atoms with Gasteiger partial charge in [-0.1, -0.05) is 64.9 Å². The van der Waals surface area contributed by atoms with E-state index in [2.05, 4.69) is 25.7 Å². The lowest BCUT2D eigenvalue weighted by Gasteiger charge is -2.11. The smallest absolute Gasteiger partial charge is 0.296 e. The highest BCUT2D eigenvalue weighted by Gasteiger charge is 2.19. The van der Waals surface area contributed by atoms with E-state index in [0.717, 1.165) is 27.9 Å². The molecule has 0 radical (unpaired) electrons. The first-order valence-corrected chi connectivity index (χ1v) is 10.7. The molecule has 0 aliphatic heterocycles. The second kappa shape index (κ2) is 8.73. The molecule has 8 nitrogen and oxygen atoms in total. The average Bonchev–Trinajstić information content (AvgIpc) is 3.37. The van der Waals surface area contributed by atoms with Crippen molar-refractivity contribution in [3.8, 4) is 23.1 Å². The zero-order chi connectivity index (χ0) is 22.0. The number of para-hydroxylation sites is 1. The molecule has 0 bridgehead atoms. The molecule has 0 saturated heterocycles. The Kier molecular flexibility index (Phi) is 5.85. The maximum atomic E-state index is 12.4. The van der Waals surface area contributed by atoms with Crippen molar-refractivity contribution in [2.45, 2.75) is 25.9 Å². The van der Waals surface area contributed by atoms with Crippen LogP contribution >= 0.6 is 11.8 Å². The number of amides is 1. The SMILES string of the molecule is Cc1ccc(-c2noc(-c3nnc(SCC(=O)Nc4c(C)cccc4C)n3C)n2)cc1. The van der Waals surface area contributed by atoms with Gasteiger partial charge in [-0.2, -0.15) is 4.98 Å². The number of nitrogens with zero attached hydrogens (tertiary/aromatic N) is 5. The molecule has 4 aromatic rings. The van der Waals surface area contributed by atoms with Crippen molar-refractivity contribution in [2.24, 2.45) is 7.05 Å². The molecule has 9 heteroatoms. The van der Waals surface area contributed by atoms with Crippen molar-refractivity contribution in [2.75, 3.05) is 11.1 Å². The molecule has 2 aromatic carbocycles. The number of carbonyl (C=O) groups excluding carboxylic acids is 1. The fraction of sp³-hybridized carbons (Fsp3) is 0.227. The number of hydrogen-bond donors (Lipinski definition) is 1. The molecular weight excluding hydrogens is 412 g/mol. The van der Waals surface area contributed by atoms with Crippen molar-refractivity contribution in [1.29, 1.82) is 0 Å². The van der Waals surface area contributed by atoms with Crippen LogP contribution in [0.2, 0.25) is 0 Å². The van der Waals surface area contributed by atoms with Crippen molar-refractivity contribution >= 4 is 23.4 Å². The van der Waals surface area contributed by atoms with Crippen LogP contribution in [0.3, 0.4) is 0 Å². The molecule has 0 atom stereocenters. The second-order valence-corrected chi connectivity index (χ2v) is 8.20. The minimum absolute atomic E-state index is 0.105. The monoisotopic (exact) mass is 434 g/mol. The van der Waals surface area contributed by atoms with Gasteiger partial charge in [-0.15, -0.1) is 10.2 Å². The minimum atomic E-state index is -0.105. The molecule has 0 saturated carbocycles. The zero-order valence-electron chi connectivity index (χ0n) is 17.7. The number of aromatic nitrogens is 5. The van der Waals surface area contributed by atoms with E-state index in [-0.39, 0.29) is 17.6 Å². The Bertz CT molecular complexity index is 1210. The normalized spacial score (nSPS) is 11.0. The Morgan fingerprint density at radius 2 is 1.77 bits per heavy atom. The first-order valence-electron chi connectivity index (χ1n) is 9.72. The van der Waals surface area contributed by atoms with Gasteiger partial charge in [0.1, 0.15) is 0 Å². The number of aryl methyl sites for hydroxylation is 3. The van der Waals surface area contributed by atoms with Gasteiger partial charge in [-0.3, -0.25) is 4.79 Å². The number of carbonyl (C=O) groups is 1. The largest absolute Gasteiger partial charge is 0.330 e. The van der Waals surface area contributed by atoms with E-state index < -0.39 is 0 Å². The Morgan fingerprint density at radius 1 is 1.06 bits per heavy atom. The van der Waals surface area contributed by atoms with Crippen LogP contribution in [0.25, 0.3) is 23.1 Å². The van der Waals surface area contributed by atoms with Crippen molar-refractivity contribution in [1.82, 2.24) is 24.9 Å². The summed E-state index contributed by atoms with van der Waals surface area (Å²) < 4.78 is 7.13. The third kappa shape index (κ3) is 4.51. The first kappa shape index (κ1) is 20.8. The van der Waals surface area contributed by atoms with Crippen LogP contribution in [-0.2, 0) is 11.8 Å². The Morgan fingerprint density at radius 3 is 2.48 bits per heavy atom. The molecule has 31 heavy (non-hydrogen) atoms. The summed E-state index contributed by atoms with van der Waals surface area (Å²) in [6, 6.07) is 13.8. The zero-order valence-corrected chi connectivity index (χ0v) is 18.5. The number of nitrogens with one attached hydrogen (secondary N) is 1. The van der Waals surface area contributed by atoms with Gasteiger partial charge in [-0.25, -0.2) is 0 Å². The summed E-state index contributed by atoms with van der Waals surface area (Å²) in [5.41, 5.74) is 4.92. The van der Waals surface area contributed by atoms with Crippen LogP contribution in [0.4, 0.5) is 5.69 Å². The van der Waals surface area contributed by atoms with Gasteiger partial charge in [0.25, 0.3) is 5.89 Å². The van der Waals surface area contributed by atoms with Crippen LogP contribution in [0.5, 0.6) is 0 Å². The summed E-state index contributed by atoms with van der Waals surface area (Å²) in [6.45, 7) is 5.96. The van der Waals surface area contributed by atoms with E-state index in [4.69, 9.17) is 4.52 Å². The van der Waals surface area contributed by atoms with E-state index in [1.807, 2.05) is 63.2 Å². The van der Waals surface area contributed by atoms with Crippen LogP contribution < -0.4 is 5.32 Å². The van der Waals surface area contributed by atoms with E-state index >= 15 is 0 Å². The van der Waals surface area contributed by atoms with Crippen LogP contribution in [0, 0.1) is 20.8 Å². The van der Waals surface area contributed by atoms with Gasteiger partial charge in [0, 0.05) is 18.3 Å². The number of anilines is 1. The molecule has 2 aromatic heterocycles. The summed E-state index contributed by atoms with van der Waals surface area (Å²) in [6.07, 6.45) is 0. The third-order valence-corrected chi connectivity index (χ3v) is 5.86. The number of thioether (sulfide) groups is 1. The molecule has 2 heterocycles. The van der Waals surface area contributed by atoms with Crippen molar-refractivity contribution in [3.63, 3.8) is 0 Å². The average molecular weight is 435 g/mol. The van der Waals surface area contributed by atoms with Gasteiger partial charge < -0.3 is 14.4 Å². The highest BCUT2D eigenvalue weighted by atomic mass is 32.2. The maximum Gasteiger partial charge on any atom is 0.296 e. The molecular formula is C22H22N6O2S. The van der Waals surface area contributed by atoms with Crippen LogP contribution in [-0.4, -0.2) is 36.6 Å². The van der Waals surface area contributed by atoms with Gasteiger partial charge >= 0.3 is 0 Å². The molecule has 0 fully saturated rings. The second-order valence-electron chi connectivity index (χ2n) is 7.26. The summed E-state index contributed by atoms with van der Waals surface area (Å²) in [5, 5.41) is 15.9. The Hall–Kier alpha value is -3.46. The predicted molar refractivity (Wildman–Crippen MR) is 120 cm³/mol. The van der Waals surface area contributed by atoms with Crippen molar-refractivity contribution in [3.05, 3.63) is 59.2 Å². The van der Waals surface area contributed by atoms with E-state index in [9.17, 15) is 4.79 Å². The van der Waals surface area contributed by atoms with E-state index in [0.29, 0.717) is 16.8 Å². The van der Waals surface area contributed by atoms with E-state index in [1.165, 1.54) is 11.8 Å². The number of benzene rings is 2. The fourth-order valence-corrected chi connectivity index (χ4v) is 3.79. The number of hydrogen-bond acceptors (Lipinski definition) is 7. The fourth-order valence-electron chi connectivity index (χ4n) is 3.08. The standard InChI is InChI=1S/C22H22N6O2S/c1-13-8-10-16(11-9-13)19-24-21(30-27-19)20-25-26-22(28(20)4)31-12-17(29)23-18-14(2)6-5-7-15(18)3/h5-11H,12H2,1-4H3,(H,23,29). The van der Waals surface area contributed by atoms with Crippen LogP contribution in [0.15, 0.2) is 52.1 Å². The summed E-state index contributed by atoms with van der Waals surface area (Å²) in [5.74, 6) is 1.31. The topological polar surface area (TPSA) is 98.7 Å². The molecule has 0 unspecified atom stereocenters. The molecule has 4 rings (SSSR count). The minimum Gasteiger partial charge on any atom is -0.330 e. The quantitative estimate of drug-likeness (QED) is 0.454. The number of rotatable bonds is 6. The maximum absolute atomic E-state index is 12.4. The third-order valence-electron chi connectivity index (χ3n) is 4.84. The summed E-state index contributed by atoms with van der Waals surface area (Å²) >= 11 is 1.29. The lowest BCUT2D eigenvalue weighted by Crippen LogP contribution is -2.16. The van der Waals surface area contributed by atoms with Gasteiger partial charge in [0.05, 0.1) is 5.75 Å². The molecule has 1 N–H and O–H groups in total. The van der Waals surface area contributed by atoms with Crippen molar-refractivity contribution < 1.29 is 9.32 Å². The first-order chi connectivity index (χ1) is 14.9. The summed E-state index contributed by atoms with van der Waals surface area (Å²) in [7, 11) is 1.80. The van der Waals surface area contributed by atoms with Gasteiger partial charge in [0.15, 0.2) is 5.16 Å². The lowest BCUT2D eigenvalue weighted by atomic mass is 10.1. The predicted octanol–water partition coefficient (Wildman–Crippen LogP) is 4.19. The highest BCUT2D eigenvalue weighted by Crippen LogP contribution is 2.25. The molecule has 1 amide bonds. The molecule has 0 spiro atoms. The summed E-state index contributed by atoms with van der Waals surface area (Å²) in [4.78, 5) is 16.9. The molecule has 158 valence electrons. The van der Waals surface area contributed by atoms with Gasteiger partial charge in [0.2, 0.25) is 17.6 Å². The van der Waals surface area contributed by atoms with E-state index in [1.54, 1.807) is 11.6 Å². The highest BCUT2D eigenvalue weighted by molar-refractivity contribution is 7.99. The molecule has 0 aliphatic carbocycles. The molecule has 0 aliphatic rings.